The van der Waals surface area contributed by atoms with Crippen LogP contribution in [0.4, 0.5) is 5.69 Å². The van der Waals surface area contributed by atoms with E-state index in [4.69, 9.17) is 4.74 Å². The highest BCUT2D eigenvalue weighted by atomic mass is 16.5. The Kier molecular flexibility index (Phi) is 2.99. The Balaban J connectivity index is 2.03. The van der Waals surface area contributed by atoms with Crippen molar-refractivity contribution in [3.63, 3.8) is 0 Å². The van der Waals surface area contributed by atoms with E-state index in [9.17, 15) is 4.79 Å². The predicted molar refractivity (Wildman–Crippen MR) is 72.4 cm³/mol. The van der Waals surface area contributed by atoms with Gasteiger partial charge in [0.25, 0.3) is 0 Å². The van der Waals surface area contributed by atoms with Gasteiger partial charge in [0.15, 0.2) is 6.29 Å². The second kappa shape index (κ2) is 4.78. The van der Waals surface area contributed by atoms with E-state index in [1.54, 1.807) is 0 Å². The van der Waals surface area contributed by atoms with Gasteiger partial charge in [-0.3, -0.25) is 4.79 Å². The molecule has 0 saturated carbocycles. The van der Waals surface area contributed by atoms with Gasteiger partial charge in [0.2, 0.25) is 0 Å². The summed E-state index contributed by atoms with van der Waals surface area (Å²) in [5.41, 5.74) is 1.95. The summed E-state index contributed by atoms with van der Waals surface area (Å²) >= 11 is 0. The van der Waals surface area contributed by atoms with Gasteiger partial charge in [-0.15, -0.1) is 0 Å². The van der Waals surface area contributed by atoms with Crippen LogP contribution in [0.5, 0.6) is 0 Å². The van der Waals surface area contributed by atoms with E-state index in [1.165, 1.54) is 5.69 Å². The van der Waals surface area contributed by atoms with Crippen molar-refractivity contribution < 1.29 is 9.53 Å². The summed E-state index contributed by atoms with van der Waals surface area (Å²) in [5.74, 6) is 0. The molecule has 3 heteroatoms. The number of morpholine rings is 1. The minimum Gasteiger partial charge on any atom is -0.378 e. The number of benzene rings is 2. The van der Waals surface area contributed by atoms with Gasteiger partial charge >= 0.3 is 0 Å². The Bertz CT molecular complexity index is 574. The molecule has 0 aromatic heterocycles. The number of carbonyl (C=O) groups is 1. The molecule has 0 radical (unpaired) electrons. The molecular weight excluding hydrogens is 226 g/mol. The van der Waals surface area contributed by atoms with E-state index in [-0.39, 0.29) is 0 Å². The second-order valence-electron chi connectivity index (χ2n) is 4.47. The van der Waals surface area contributed by atoms with Crippen LogP contribution in [0.2, 0.25) is 0 Å². The standard InChI is InChI=1S/C15H15NO2/c17-11-13-3-1-2-12-10-14(4-5-15(12)13)16-6-8-18-9-7-16/h1-5,10-11H,6-9H2. The molecular formula is C15H15NO2. The number of ether oxygens (including phenoxy) is 1. The van der Waals surface area contributed by atoms with E-state index in [0.717, 1.165) is 48.9 Å². The number of rotatable bonds is 2. The fraction of sp³-hybridized carbons (Fsp3) is 0.267. The molecule has 0 aliphatic carbocycles. The first-order valence-electron chi connectivity index (χ1n) is 6.19. The normalized spacial score (nSPS) is 15.9. The highest BCUT2D eigenvalue weighted by molar-refractivity contribution is 5.99. The summed E-state index contributed by atoms with van der Waals surface area (Å²) < 4.78 is 5.36. The van der Waals surface area contributed by atoms with Gasteiger partial charge < -0.3 is 9.64 Å². The van der Waals surface area contributed by atoms with Crippen LogP contribution >= 0.6 is 0 Å². The maximum absolute atomic E-state index is 11.0. The van der Waals surface area contributed by atoms with Crippen LogP contribution in [0, 0.1) is 0 Å². The number of hydrogen-bond acceptors (Lipinski definition) is 3. The van der Waals surface area contributed by atoms with E-state index < -0.39 is 0 Å². The number of anilines is 1. The van der Waals surface area contributed by atoms with Crippen molar-refractivity contribution in [2.45, 2.75) is 0 Å². The maximum Gasteiger partial charge on any atom is 0.150 e. The summed E-state index contributed by atoms with van der Waals surface area (Å²) in [4.78, 5) is 13.3. The number of nitrogens with zero attached hydrogens (tertiary/aromatic N) is 1. The average molecular weight is 241 g/mol. The van der Waals surface area contributed by atoms with Gasteiger partial charge in [0.1, 0.15) is 0 Å². The monoisotopic (exact) mass is 241 g/mol. The van der Waals surface area contributed by atoms with E-state index >= 15 is 0 Å². The summed E-state index contributed by atoms with van der Waals surface area (Å²) in [6, 6.07) is 12.1. The molecule has 92 valence electrons. The number of carbonyl (C=O) groups excluding carboxylic acids is 1. The zero-order chi connectivity index (χ0) is 12.4. The molecule has 0 amide bonds. The Morgan fingerprint density at radius 2 is 1.94 bits per heavy atom. The highest BCUT2D eigenvalue weighted by Crippen LogP contribution is 2.24. The van der Waals surface area contributed by atoms with Crippen molar-refractivity contribution in [1.82, 2.24) is 0 Å². The van der Waals surface area contributed by atoms with Gasteiger partial charge in [-0.25, -0.2) is 0 Å². The lowest BCUT2D eigenvalue weighted by Gasteiger charge is -2.29. The van der Waals surface area contributed by atoms with Gasteiger partial charge in [-0.2, -0.15) is 0 Å². The zero-order valence-corrected chi connectivity index (χ0v) is 10.1. The van der Waals surface area contributed by atoms with Crippen molar-refractivity contribution in [1.29, 1.82) is 0 Å². The van der Waals surface area contributed by atoms with Crippen LogP contribution in [0.1, 0.15) is 10.4 Å². The maximum atomic E-state index is 11.0. The fourth-order valence-electron chi connectivity index (χ4n) is 2.42. The van der Waals surface area contributed by atoms with Crippen LogP contribution in [0.3, 0.4) is 0 Å². The SMILES string of the molecule is O=Cc1cccc2cc(N3CCOCC3)ccc12. The van der Waals surface area contributed by atoms with E-state index in [1.807, 2.05) is 24.3 Å². The quantitative estimate of drug-likeness (QED) is 0.756. The molecule has 1 fully saturated rings. The molecule has 2 aromatic carbocycles. The molecule has 3 nitrogen and oxygen atoms in total. The van der Waals surface area contributed by atoms with Gasteiger partial charge in [-0.05, 0) is 22.9 Å². The highest BCUT2D eigenvalue weighted by Gasteiger charge is 2.11. The van der Waals surface area contributed by atoms with Crippen LogP contribution in [-0.2, 0) is 4.74 Å². The first-order valence-corrected chi connectivity index (χ1v) is 6.19. The lowest BCUT2D eigenvalue weighted by molar-refractivity contribution is 0.112. The fourth-order valence-corrected chi connectivity index (χ4v) is 2.42. The van der Waals surface area contributed by atoms with Gasteiger partial charge in [-0.1, -0.05) is 24.3 Å². The Morgan fingerprint density at radius 3 is 2.72 bits per heavy atom. The minimum atomic E-state index is 0.751. The minimum absolute atomic E-state index is 0.751. The Morgan fingerprint density at radius 1 is 1.11 bits per heavy atom. The Labute approximate surface area is 106 Å². The summed E-state index contributed by atoms with van der Waals surface area (Å²) in [6.45, 7) is 3.43. The number of aldehydes is 1. The summed E-state index contributed by atoms with van der Waals surface area (Å²) in [6.07, 6.45) is 0.913. The van der Waals surface area contributed by atoms with Gasteiger partial charge in [0, 0.05) is 24.3 Å². The molecule has 0 bridgehead atoms. The van der Waals surface area contributed by atoms with Crippen LogP contribution in [-0.4, -0.2) is 32.6 Å². The lowest BCUT2D eigenvalue weighted by Crippen LogP contribution is -2.36. The topological polar surface area (TPSA) is 29.5 Å². The first kappa shape index (κ1) is 11.2. The molecule has 0 spiro atoms. The third-order valence-corrected chi connectivity index (χ3v) is 3.40. The average Bonchev–Trinajstić information content (AvgIpc) is 2.47. The van der Waals surface area contributed by atoms with Crippen molar-refractivity contribution >= 4 is 22.7 Å². The van der Waals surface area contributed by atoms with Gasteiger partial charge in [0.05, 0.1) is 13.2 Å². The molecule has 3 rings (SSSR count). The van der Waals surface area contributed by atoms with Crippen LogP contribution in [0.25, 0.3) is 10.8 Å². The third kappa shape index (κ3) is 1.97. The molecule has 2 aromatic rings. The molecule has 1 heterocycles. The number of fused-ring (bicyclic) bond motifs is 1. The van der Waals surface area contributed by atoms with Crippen molar-refractivity contribution in [2.24, 2.45) is 0 Å². The smallest absolute Gasteiger partial charge is 0.150 e. The predicted octanol–water partition coefficient (Wildman–Crippen LogP) is 2.49. The molecule has 1 aliphatic heterocycles. The van der Waals surface area contributed by atoms with Crippen molar-refractivity contribution in [3.05, 3.63) is 42.0 Å². The molecule has 0 unspecified atom stereocenters. The molecule has 1 aliphatic rings. The van der Waals surface area contributed by atoms with Crippen LogP contribution < -0.4 is 4.90 Å². The largest absolute Gasteiger partial charge is 0.378 e. The molecule has 18 heavy (non-hydrogen) atoms. The third-order valence-electron chi connectivity index (χ3n) is 3.40. The van der Waals surface area contributed by atoms with Crippen molar-refractivity contribution in [2.75, 3.05) is 31.2 Å². The summed E-state index contributed by atoms with van der Waals surface area (Å²) in [5, 5.41) is 2.13. The zero-order valence-electron chi connectivity index (χ0n) is 10.1. The first-order chi connectivity index (χ1) is 8.88. The molecule has 0 atom stereocenters. The Hall–Kier alpha value is -1.87. The van der Waals surface area contributed by atoms with E-state index in [0.29, 0.717) is 0 Å². The second-order valence-corrected chi connectivity index (χ2v) is 4.47. The molecule has 1 saturated heterocycles. The lowest BCUT2D eigenvalue weighted by atomic mass is 10.0. The number of hydrogen-bond donors (Lipinski definition) is 0. The van der Waals surface area contributed by atoms with Crippen LogP contribution in [0.15, 0.2) is 36.4 Å². The van der Waals surface area contributed by atoms with Crippen molar-refractivity contribution in [3.8, 4) is 0 Å². The van der Waals surface area contributed by atoms with E-state index in [2.05, 4.69) is 17.0 Å². The molecule has 0 N–H and O–H groups in total. The summed E-state index contributed by atoms with van der Waals surface area (Å²) in [7, 11) is 0.